The molecule has 2 N–H and O–H groups in total. The zero-order valence-electron chi connectivity index (χ0n) is 15.5. The second kappa shape index (κ2) is 6.98. The Kier molecular flexibility index (Phi) is 5.09. The van der Waals surface area contributed by atoms with Gasteiger partial charge in [0.05, 0.1) is 4.88 Å². The van der Waals surface area contributed by atoms with Crippen LogP contribution in [0.1, 0.15) is 53.7 Å². The SMILES string of the molecule is CC(C)(C)[C@@H]1CCc2sc(C(=O)N3CCCN(C(N)=O)CC3)cc2C1. The third-order valence-corrected chi connectivity index (χ3v) is 6.84. The number of hydrogen-bond acceptors (Lipinski definition) is 3. The summed E-state index contributed by atoms with van der Waals surface area (Å²) in [5.74, 6) is 0.790. The molecule has 0 saturated carbocycles. The van der Waals surface area contributed by atoms with Crippen LogP contribution in [-0.2, 0) is 12.8 Å². The van der Waals surface area contributed by atoms with E-state index in [1.54, 1.807) is 16.2 Å². The summed E-state index contributed by atoms with van der Waals surface area (Å²) < 4.78 is 0. The van der Waals surface area contributed by atoms with Crippen LogP contribution < -0.4 is 5.73 Å². The molecule has 2 aliphatic rings. The van der Waals surface area contributed by atoms with Gasteiger partial charge in [-0.1, -0.05) is 20.8 Å². The van der Waals surface area contributed by atoms with Crippen molar-refractivity contribution in [1.29, 1.82) is 0 Å². The van der Waals surface area contributed by atoms with Gasteiger partial charge in [0.1, 0.15) is 0 Å². The lowest BCUT2D eigenvalue weighted by molar-refractivity contribution is 0.0767. The number of hydrogen-bond donors (Lipinski definition) is 1. The van der Waals surface area contributed by atoms with Crippen molar-refractivity contribution >= 4 is 23.3 Å². The Morgan fingerprint density at radius 3 is 2.52 bits per heavy atom. The lowest BCUT2D eigenvalue weighted by Crippen LogP contribution is -2.39. The van der Waals surface area contributed by atoms with Gasteiger partial charge in [-0.2, -0.15) is 0 Å². The maximum atomic E-state index is 12.9. The van der Waals surface area contributed by atoms with E-state index >= 15 is 0 Å². The first-order valence-corrected chi connectivity index (χ1v) is 10.0. The number of amides is 3. The number of urea groups is 1. The third kappa shape index (κ3) is 4.00. The monoisotopic (exact) mass is 363 g/mol. The predicted molar refractivity (Wildman–Crippen MR) is 101 cm³/mol. The lowest BCUT2D eigenvalue weighted by Gasteiger charge is -2.33. The molecule has 1 atom stereocenters. The number of rotatable bonds is 1. The number of thiophene rings is 1. The quantitative estimate of drug-likeness (QED) is 0.833. The van der Waals surface area contributed by atoms with Crippen molar-refractivity contribution in [3.05, 3.63) is 21.4 Å². The molecule has 3 rings (SSSR count). The average molecular weight is 364 g/mol. The van der Waals surface area contributed by atoms with Gasteiger partial charge in [-0.05, 0) is 48.6 Å². The standard InChI is InChI=1S/C19H29N3O2S/c1-19(2,3)14-5-6-15-13(11-14)12-16(25-15)17(23)21-7-4-8-22(10-9-21)18(20)24/h12,14H,4-11H2,1-3H3,(H2,20,24)/t14-/m1/s1. The fourth-order valence-electron chi connectivity index (χ4n) is 3.87. The van der Waals surface area contributed by atoms with Crippen molar-refractivity contribution in [3.63, 3.8) is 0 Å². The Hall–Kier alpha value is -1.56. The molecule has 1 saturated heterocycles. The number of nitrogens with zero attached hydrogens (tertiary/aromatic N) is 2. The average Bonchev–Trinajstić information content (AvgIpc) is 2.81. The molecule has 0 spiro atoms. The Morgan fingerprint density at radius 2 is 1.84 bits per heavy atom. The topological polar surface area (TPSA) is 66.6 Å². The number of nitrogens with two attached hydrogens (primary N) is 1. The molecule has 1 aliphatic carbocycles. The fraction of sp³-hybridized carbons (Fsp3) is 0.684. The van der Waals surface area contributed by atoms with Crippen molar-refractivity contribution in [2.45, 2.75) is 46.5 Å². The van der Waals surface area contributed by atoms with Crippen LogP contribution in [0.25, 0.3) is 0 Å². The van der Waals surface area contributed by atoms with Crippen LogP contribution in [0.4, 0.5) is 4.79 Å². The summed E-state index contributed by atoms with van der Waals surface area (Å²) >= 11 is 1.67. The van der Waals surface area contributed by atoms with Gasteiger partial charge in [-0.15, -0.1) is 11.3 Å². The largest absolute Gasteiger partial charge is 0.351 e. The number of aryl methyl sites for hydroxylation is 1. The number of carbonyl (C=O) groups is 2. The van der Waals surface area contributed by atoms with Crippen molar-refractivity contribution < 1.29 is 9.59 Å². The molecular weight excluding hydrogens is 334 g/mol. The molecule has 138 valence electrons. The summed E-state index contributed by atoms with van der Waals surface area (Å²) in [5.41, 5.74) is 7.05. The highest BCUT2D eigenvalue weighted by molar-refractivity contribution is 7.14. The lowest BCUT2D eigenvalue weighted by atomic mass is 9.72. The van der Waals surface area contributed by atoms with E-state index in [9.17, 15) is 9.59 Å². The molecule has 1 aliphatic heterocycles. The Labute approximate surface area is 154 Å². The van der Waals surface area contributed by atoms with Crippen molar-refractivity contribution in [2.24, 2.45) is 17.1 Å². The van der Waals surface area contributed by atoms with Crippen LogP contribution >= 0.6 is 11.3 Å². The van der Waals surface area contributed by atoms with E-state index in [4.69, 9.17) is 5.73 Å². The van der Waals surface area contributed by atoms with E-state index < -0.39 is 6.03 Å². The van der Waals surface area contributed by atoms with E-state index in [2.05, 4.69) is 26.8 Å². The molecule has 6 heteroatoms. The minimum Gasteiger partial charge on any atom is -0.351 e. The molecule has 0 bridgehead atoms. The number of primary amides is 1. The van der Waals surface area contributed by atoms with Crippen LogP contribution in [0.15, 0.2) is 6.07 Å². The minimum absolute atomic E-state index is 0.109. The highest BCUT2D eigenvalue weighted by Gasteiger charge is 2.31. The molecule has 1 fully saturated rings. The predicted octanol–water partition coefficient (Wildman–Crippen LogP) is 3.13. The van der Waals surface area contributed by atoms with Gasteiger partial charge in [0.25, 0.3) is 5.91 Å². The molecule has 2 heterocycles. The maximum Gasteiger partial charge on any atom is 0.314 e. The van der Waals surface area contributed by atoms with Crippen LogP contribution in [0.5, 0.6) is 0 Å². The molecule has 5 nitrogen and oxygen atoms in total. The van der Waals surface area contributed by atoms with E-state index in [1.165, 1.54) is 16.9 Å². The summed E-state index contributed by atoms with van der Waals surface area (Å²) in [6.07, 6.45) is 4.16. The maximum absolute atomic E-state index is 12.9. The Balaban J connectivity index is 1.70. The number of carbonyl (C=O) groups excluding carboxylic acids is 2. The number of fused-ring (bicyclic) bond motifs is 1. The van der Waals surface area contributed by atoms with E-state index in [0.717, 1.165) is 24.1 Å². The molecular formula is C19H29N3O2S. The smallest absolute Gasteiger partial charge is 0.314 e. The summed E-state index contributed by atoms with van der Waals surface area (Å²) in [7, 11) is 0. The minimum atomic E-state index is -0.394. The van der Waals surface area contributed by atoms with Gasteiger partial charge >= 0.3 is 6.03 Å². The van der Waals surface area contributed by atoms with E-state index in [0.29, 0.717) is 37.5 Å². The third-order valence-electron chi connectivity index (χ3n) is 5.61. The first-order valence-electron chi connectivity index (χ1n) is 9.21. The molecule has 1 aromatic heterocycles. The van der Waals surface area contributed by atoms with Crippen LogP contribution in [0.2, 0.25) is 0 Å². The van der Waals surface area contributed by atoms with Crippen molar-refractivity contribution in [1.82, 2.24) is 9.80 Å². The van der Waals surface area contributed by atoms with Gasteiger partial charge in [-0.3, -0.25) is 4.79 Å². The first-order chi connectivity index (χ1) is 11.8. The molecule has 1 aromatic rings. The van der Waals surface area contributed by atoms with E-state index in [-0.39, 0.29) is 5.91 Å². The van der Waals surface area contributed by atoms with Crippen LogP contribution in [0, 0.1) is 11.3 Å². The van der Waals surface area contributed by atoms with Crippen molar-refractivity contribution in [3.8, 4) is 0 Å². The van der Waals surface area contributed by atoms with Crippen LogP contribution in [-0.4, -0.2) is 47.9 Å². The highest BCUT2D eigenvalue weighted by Crippen LogP contribution is 2.40. The normalized spacial score (nSPS) is 21.6. The van der Waals surface area contributed by atoms with Gasteiger partial charge in [0, 0.05) is 31.1 Å². The van der Waals surface area contributed by atoms with Gasteiger partial charge in [0.2, 0.25) is 0 Å². The Morgan fingerprint density at radius 1 is 1.16 bits per heavy atom. The van der Waals surface area contributed by atoms with Crippen molar-refractivity contribution in [2.75, 3.05) is 26.2 Å². The van der Waals surface area contributed by atoms with E-state index in [1.807, 2.05) is 4.90 Å². The van der Waals surface area contributed by atoms with Gasteiger partial charge in [0.15, 0.2) is 0 Å². The summed E-state index contributed by atoms with van der Waals surface area (Å²) in [5, 5.41) is 0. The summed E-state index contributed by atoms with van der Waals surface area (Å²) in [6, 6.07) is 1.73. The molecule has 0 unspecified atom stereocenters. The highest BCUT2D eigenvalue weighted by atomic mass is 32.1. The summed E-state index contributed by atoms with van der Waals surface area (Å²) in [6.45, 7) is 9.34. The first kappa shape index (κ1) is 18.2. The second-order valence-electron chi connectivity index (χ2n) is 8.34. The van der Waals surface area contributed by atoms with Gasteiger partial charge < -0.3 is 15.5 Å². The zero-order chi connectivity index (χ0) is 18.2. The second-order valence-corrected chi connectivity index (χ2v) is 9.47. The summed E-state index contributed by atoms with van der Waals surface area (Å²) in [4.78, 5) is 30.0. The zero-order valence-corrected chi connectivity index (χ0v) is 16.3. The molecule has 3 amide bonds. The molecule has 0 radical (unpaired) electrons. The molecule has 25 heavy (non-hydrogen) atoms. The molecule has 0 aromatic carbocycles. The Bertz CT molecular complexity index is 662. The van der Waals surface area contributed by atoms with Crippen LogP contribution in [0.3, 0.4) is 0 Å². The van der Waals surface area contributed by atoms with Gasteiger partial charge in [-0.25, -0.2) is 4.79 Å². The fourth-order valence-corrected chi connectivity index (χ4v) is 5.04.